The van der Waals surface area contributed by atoms with Gasteiger partial charge in [-0.1, -0.05) is 31.2 Å². The van der Waals surface area contributed by atoms with Crippen LogP contribution >= 0.6 is 0 Å². The second-order valence-electron chi connectivity index (χ2n) is 4.36. The van der Waals surface area contributed by atoms with Crippen LogP contribution in [0.5, 0.6) is 0 Å². The van der Waals surface area contributed by atoms with Crippen LogP contribution in [0, 0.1) is 5.82 Å². The van der Waals surface area contributed by atoms with Gasteiger partial charge in [0.05, 0.1) is 0 Å². The molecule has 2 rings (SSSR count). The number of amides is 1. The summed E-state index contributed by atoms with van der Waals surface area (Å²) < 4.78 is 13.0. The average molecular weight is 257 g/mol. The molecule has 0 fully saturated rings. The van der Waals surface area contributed by atoms with Crippen LogP contribution in [0.2, 0.25) is 0 Å². The first-order chi connectivity index (χ1) is 9.19. The standard InChI is InChI=1S/C16H16FNO/c1-2-12-6-8-14(9-7-12)16(19)18-11-13-4-3-5-15(17)10-13/h3-10H,2,11H2,1H3,(H,18,19). The molecule has 1 amide bonds. The molecular weight excluding hydrogens is 241 g/mol. The Morgan fingerprint density at radius 2 is 1.84 bits per heavy atom. The van der Waals surface area contributed by atoms with E-state index in [0.717, 1.165) is 12.0 Å². The van der Waals surface area contributed by atoms with Crippen LogP contribution in [0.1, 0.15) is 28.4 Å². The molecule has 0 unspecified atom stereocenters. The van der Waals surface area contributed by atoms with Crippen molar-refractivity contribution >= 4 is 5.91 Å². The Hall–Kier alpha value is -2.16. The van der Waals surface area contributed by atoms with E-state index in [-0.39, 0.29) is 11.7 Å². The predicted molar refractivity (Wildman–Crippen MR) is 73.4 cm³/mol. The van der Waals surface area contributed by atoms with Crippen LogP contribution in [-0.2, 0) is 13.0 Å². The van der Waals surface area contributed by atoms with Crippen molar-refractivity contribution in [2.45, 2.75) is 19.9 Å². The minimum absolute atomic E-state index is 0.146. The highest BCUT2D eigenvalue weighted by atomic mass is 19.1. The van der Waals surface area contributed by atoms with Crippen molar-refractivity contribution in [1.29, 1.82) is 0 Å². The van der Waals surface area contributed by atoms with Crippen molar-refractivity contribution in [3.8, 4) is 0 Å². The van der Waals surface area contributed by atoms with Crippen molar-refractivity contribution in [2.75, 3.05) is 0 Å². The van der Waals surface area contributed by atoms with Gasteiger partial charge < -0.3 is 5.32 Å². The van der Waals surface area contributed by atoms with Crippen molar-refractivity contribution < 1.29 is 9.18 Å². The van der Waals surface area contributed by atoms with E-state index in [9.17, 15) is 9.18 Å². The number of carbonyl (C=O) groups excluding carboxylic acids is 1. The molecule has 0 aliphatic carbocycles. The van der Waals surface area contributed by atoms with Crippen LogP contribution in [-0.4, -0.2) is 5.91 Å². The van der Waals surface area contributed by atoms with Gasteiger partial charge in [0.2, 0.25) is 0 Å². The van der Waals surface area contributed by atoms with E-state index >= 15 is 0 Å². The number of benzene rings is 2. The van der Waals surface area contributed by atoms with Crippen molar-refractivity contribution in [2.24, 2.45) is 0 Å². The quantitative estimate of drug-likeness (QED) is 0.894. The molecule has 0 saturated heterocycles. The topological polar surface area (TPSA) is 29.1 Å². The molecule has 0 heterocycles. The summed E-state index contributed by atoms with van der Waals surface area (Å²) in [5, 5.41) is 2.77. The number of hydrogen-bond acceptors (Lipinski definition) is 1. The molecule has 0 aliphatic heterocycles. The molecular formula is C16H16FNO. The summed E-state index contributed by atoms with van der Waals surface area (Å²) in [4.78, 5) is 11.9. The highest BCUT2D eigenvalue weighted by Gasteiger charge is 2.05. The second-order valence-corrected chi connectivity index (χ2v) is 4.36. The van der Waals surface area contributed by atoms with Gasteiger partial charge in [0.15, 0.2) is 0 Å². The maximum Gasteiger partial charge on any atom is 0.251 e. The number of carbonyl (C=O) groups is 1. The Kier molecular flexibility index (Phi) is 4.29. The zero-order valence-electron chi connectivity index (χ0n) is 10.8. The first kappa shape index (κ1) is 13.3. The molecule has 0 bridgehead atoms. The smallest absolute Gasteiger partial charge is 0.251 e. The number of nitrogens with one attached hydrogen (secondary N) is 1. The number of rotatable bonds is 4. The van der Waals surface area contributed by atoms with E-state index in [2.05, 4.69) is 12.2 Å². The van der Waals surface area contributed by atoms with Gasteiger partial charge in [0, 0.05) is 12.1 Å². The molecule has 3 heteroatoms. The van der Waals surface area contributed by atoms with Crippen LogP contribution in [0.15, 0.2) is 48.5 Å². The van der Waals surface area contributed by atoms with Crippen molar-refractivity contribution in [1.82, 2.24) is 5.32 Å². The molecule has 0 radical (unpaired) electrons. The largest absolute Gasteiger partial charge is 0.348 e. The van der Waals surface area contributed by atoms with E-state index in [0.29, 0.717) is 12.1 Å². The Bertz CT molecular complexity index is 563. The highest BCUT2D eigenvalue weighted by molar-refractivity contribution is 5.94. The van der Waals surface area contributed by atoms with Crippen LogP contribution < -0.4 is 5.32 Å². The summed E-state index contributed by atoms with van der Waals surface area (Å²) in [6, 6.07) is 13.7. The van der Waals surface area contributed by atoms with E-state index in [1.807, 2.05) is 12.1 Å². The van der Waals surface area contributed by atoms with Gasteiger partial charge in [-0.25, -0.2) is 4.39 Å². The van der Waals surface area contributed by atoms with Gasteiger partial charge in [0.1, 0.15) is 5.82 Å². The third-order valence-electron chi connectivity index (χ3n) is 2.97. The van der Waals surface area contributed by atoms with Crippen molar-refractivity contribution in [3.05, 3.63) is 71.0 Å². The molecule has 2 aromatic rings. The Morgan fingerprint density at radius 1 is 1.11 bits per heavy atom. The molecule has 19 heavy (non-hydrogen) atoms. The summed E-state index contributed by atoms with van der Waals surface area (Å²) in [5.74, 6) is -0.439. The zero-order chi connectivity index (χ0) is 13.7. The highest BCUT2D eigenvalue weighted by Crippen LogP contribution is 2.06. The minimum atomic E-state index is -0.293. The molecule has 2 aromatic carbocycles. The third-order valence-corrected chi connectivity index (χ3v) is 2.97. The number of aryl methyl sites for hydroxylation is 1. The normalized spacial score (nSPS) is 10.2. The van der Waals surface area contributed by atoms with Gasteiger partial charge in [-0.15, -0.1) is 0 Å². The fraction of sp³-hybridized carbons (Fsp3) is 0.188. The Labute approximate surface area is 112 Å². The molecule has 98 valence electrons. The van der Waals surface area contributed by atoms with Gasteiger partial charge >= 0.3 is 0 Å². The maximum atomic E-state index is 13.0. The predicted octanol–water partition coefficient (Wildman–Crippen LogP) is 3.32. The molecule has 0 atom stereocenters. The third kappa shape index (κ3) is 3.65. The van der Waals surface area contributed by atoms with Gasteiger partial charge in [-0.3, -0.25) is 4.79 Å². The fourth-order valence-electron chi connectivity index (χ4n) is 1.82. The summed E-state index contributed by atoms with van der Waals surface area (Å²) in [6.07, 6.45) is 0.950. The molecule has 0 aromatic heterocycles. The lowest BCUT2D eigenvalue weighted by Crippen LogP contribution is -2.22. The lowest BCUT2D eigenvalue weighted by molar-refractivity contribution is 0.0951. The van der Waals surface area contributed by atoms with Gasteiger partial charge in [-0.2, -0.15) is 0 Å². The van der Waals surface area contributed by atoms with Gasteiger partial charge in [-0.05, 0) is 41.8 Å². The van der Waals surface area contributed by atoms with Gasteiger partial charge in [0.25, 0.3) is 5.91 Å². The van der Waals surface area contributed by atoms with Crippen LogP contribution in [0.3, 0.4) is 0 Å². The first-order valence-corrected chi connectivity index (χ1v) is 6.30. The molecule has 1 N–H and O–H groups in total. The summed E-state index contributed by atoms with van der Waals surface area (Å²) in [5.41, 5.74) is 2.56. The molecule has 0 aliphatic rings. The molecule has 2 nitrogen and oxygen atoms in total. The monoisotopic (exact) mass is 257 g/mol. The average Bonchev–Trinajstić information content (AvgIpc) is 2.45. The Balaban J connectivity index is 1.97. The number of halogens is 1. The molecule has 0 saturated carbocycles. The summed E-state index contributed by atoms with van der Waals surface area (Å²) in [7, 11) is 0. The second kappa shape index (κ2) is 6.14. The Morgan fingerprint density at radius 3 is 2.47 bits per heavy atom. The summed E-state index contributed by atoms with van der Waals surface area (Å²) in [6.45, 7) is 2.39. The fourth-order valence-corrected chi connectivity index (χ4v) is 1.82. The van der Waals surface area contributed by atoms with E-state index in [4.69, 9.17) is 0 Å². The lowest BCUT2D eigenvalue weighted by atomic mass is 10.1. The molecule has 0 spiro atoms. The maximum absolute atomic E-state index is 13.0. The zero-order valence-corrected chi connectivity index (χ0v) is 10.8. The number of hydrogen-bond donors (Lipinski definition) is 1. The van der Waals surface area contributed by atoms with E-state index < -0.39 is 0 Å². The van der Waals surface area contributed by atoms with E-state index in [1.54, 1.807) is 24.3 Å². The minimum Gasteiger partial charge on any atom is -0.348 e. The van der Waals surface area contributed by atoms with E-state index in [1.165, 1.54) is 17.7 Å². The lowest BCUT2D eigenvalue weighted by Gasteiger charge is -2.06. The first-order valence-electron chi connectivity index (χ1n) is 6.30. The SMILES string of the molecule is CCc1ccc(C(=O)NCc2cccc(F)c2)cc1. The van der Waals surface area contributed by atoms with Crippen LogP contribution in [0.25, 0.3) is 0 Å². The van der Waals surface area contributed by atoms with Crippen LogP contribution in [0.4, 0.5) is 4.39 Å². The van der Waals surface area contributed by atoms with Crippen molar-refractivity contribution in [3.63, 3.8) is 0 Å². The summed E-state index contributed by atoms with van der Waals surface area (Å²) >= 11 is 0.